The first-order valence-corrected chi connectivity index (χ1v) is 9.70. The van der Waals surface area contributed by atoms with Crippen LogP contribution in [-0.2, 0) is 22.9 Å². The van der Waals surface area contributed by atoms with Crippen LogP contribution in [0.4, 0.5) is 0 Å². The van der Waals surface area contributed by atoms with Crippen molar-refractivity contribution in [2.75, 3.05) is 11.5 Å². The second-order valence-corrected chi connectivity index (χ2v) is 8.59. The van der Waals surface area contributed by atoms with Gasteiger partial charge in [0.25, 0.3) is 0 Å². The molecular weight excluding hydrogens is 318 g/mol. The van der Waals surface area contributed by atoms with Crippen molar-refractivity contribution < 1.29 is 17.4 Å². The van der Waals surface area contributed by atoms with E-state index in [1.165, 1.54) is 0 Å². The molecule has 2 aromatic rings. The summed E-state index contributed by atoms with van der Waals surface area (Å²) in [5.41, 5.74) is 0. The third-order valence-electron chi connectivity index (χ3n) is 4.43. The van der Waals surface area contributed by atoms with E-state index in [9.17, 15) is 8.42 Å². The Labute approximate surface area is 134 Å². The van der Waals surface area contributed by atoms with Crippen LogP contribution < -0.4 is 0 Å². The average Bonchev–Trinajstić information content (AvgIpc) is 2.91. The van der Waals surface area contributed by atoms with Gasteiger partial charge in [0.15, 0.2) is 15.7 Å². The van der Waals surface area contributed by atoms with Crippen LogP contribution in [-0.4, -0.2) is 41.0 Å². The molecule has 0 aromatic carbocycles. The van der Waals surface area contributed by atoms with E-state index in [0.29, 0.717) is 31.3 Å². The van der Waals surface area contributed by atoms with Gasteiger partial charge in [-0.05, 0) is 31.4 Å². The fourth-order valence-corrected chi connectivity index (χ4v) is 4.76. The predicted molar refractivity (Wildman–Crippen MR) is 81.3 cm³/mol. The lowest BCUT2D eigenvalue weighted by atomic mass is 10.2. The number of sulfone groups is 1. The lowest BCUT2D eigenvalue weighted by molar-refractivity contribution is 0.157. The van der Waals surface area contributed by atoms with Crippen LogP contribution in [0.2, 0.25) is 0 Å². The smallest absolute Gasteiger partial charge is 0.240 e. The van der Waals surface area contributed by atoms with E-state index < -0.39 is 9.84 Å². The summed E-state index contributed by atoms with van der Waals surface area (Å²) >= 11 is 0. The zero-order valence-corrected chi connectivity index (χ0v) is 13.5. The fourth-order valence-electron chi connectivity index (χ4n) is 2.99. The molecule has 1 aliphatic carbocycles. The summed E-state index contributed by atoms with van der Waals surface area (Å²) in [6.07, 6.45) is 4.50. The summed E-state index contributed by atoms with van der Waals surface area (Å²) in [6.45, 7) is 0.981. The van der Waals surface area contributed by atoms with E-state index in [4.69, 9.17) is 8.94 Å². The van der Waals surface area contributed by atoms with Crippen molar-refractivity contribution in [2.24, 2.45) is 0 Å². The van der Waals surface area contributed by atoms with E-state index in [1.54, 1.807) is 6.26 Å². The first kappa shape index (κ1) is 14.9. The molecule has 0 amide bonds. The molecule has 23 heavy (non-hydrogen) atoms. The van der Waals surface area contributed by atoms with Gasteiger partial charge in [-0.1, -0.05) is 5.16 Å². The summed E-state index contributed by atoms with van der Waals surface area (Å²) in [7, 11) is -2.95. The van der Waals surface area contributed by atoms with Gasteiger partial charge in [-0.3, -0.25) is 4.90 Å². The Kier molecular flexibility index (Phi) is 3.73. The number of hydrogen-bond donors (Lipinski definition) is 0. The number of rotatable bonds is 6. The highest BCUT2D eigenvalue weighted by Crippen LogP contribution is 2.38. The van der Waals surface area contributed by atoms with Crippen LogP contribution in [0.25, 0.3) is 0 Å². The lowest BCUT2D eigenvalue weighted by Gasteiger charge is -2.25. The maximum absolute atomic E-state index is 11.8. The highest BCUT2D eigenvalue weighted by atomic mass is 32.2. The second kappa shape index (κ2) is 5.76. The van der Waals surface area contributed by atoms with Gasteiger partial charge in [-0.2, -0.15) is 4.98 Å². The third-order valence-corrected chi connectivity index (χ3v) is 6.18. The number of nitrogens with zero attached hydrogens (tertiary/aromatic N) is 3. The Balaban J connectivity index is 1.51. The maximum atomic E-state index is 11.8. The Morgan fingerprint density at radius 1 is 1.26 bits per heavy atom. The van der Waals surface area contributed by atoms with Gasteiger partial charge in [-0.25, -0.2) is 8.42 Å². The Morgan fingerprint density at radius 3 is 2.78 bits per heavy atom. The van der Waals surface area contributed by atoms with Gasteiger partial charge in [-0.15, -0.1) is 0 Å². The minimum Gasteiger partial charge on any atom is -0.468 e. The molecule has 3 heterocycles. The van der Waals surface area contributed by atoms with Gasteiger partial charge < -0.3 is 8.94 Å². The Morgan fingerprint density at radius 2 is 2.13 bits per heavy atom. The van der Waals surface area contributed by atoms with Crippen molar-refractivity contribution in [3.8, 4) is 0 Å². The first-order valence-electron chi connectivity index (χ1n) is 7.88. The fraction of sp³-hybridized carbons (Fsp3) is 0.600. The van der Waals surface area contributed by atoms with Crippen molar-refractivity contribution in [3.05, 3.63) is 35.9 Å². The minimum atomic E-state index is -2.95. The van der Waals surface area contributed by atoms with E-state index in [-0.39, 0.29) is 17.5 Å². The standard InChI is InChI=1S/C15H19N3O4S/c19-23(20)7-5-12(10-23)18(8-13-2-1-6-21-13)9-14-16-15(17-22-14)11-3-4-11/h1-2,6,11-12H,3-5,7-10H2. The molecule has 1 saturated carbocycles. The van der Waals surface area contributed by atoms with E-state index in [0.717, 1.165) is 24.4 Å². The highest BCUT2D eigenvalue weighted by molar-refractivity contribution is 7.91. The third kappa shape index (κ3) is 3.48. The zero-order chi connectivity index (χ0) is 15.9. The Bertz CT molecular complexity index is 765. The summed E-state index contributed by atoms with van der Waals surface area (Å²) in [4.78, 5) is 6.51. The molecule has 0 radical (unpaired) electrons. The molecule has 7 nitrogen and oxygen atoms in total. The Hall–Kier alpha value is -1.67. The molecule has 1 aliphatic heterocycles. The molecule has 8 heteroatoms. The predicted octanol–water partition coefficient (Wildman–Crippen LogP) is 1.73. The van der Waals surface area contributed by atoms with Crippen LogP contribution in [0.3, 0.4) is 0 Å². The van der Waals surface area contributed by atoms with Gasteiger partial charge in [0.1, 0.15) is 5.76 Å². The van der Waals surface area contributed by atoms with Gasteiger partial charge in [0, 0.05) is 12.0 Å². The van der Waals surface area contributed by atoms with Gasteiger partial charge in [0.05, 0.1) is 30.9 Å². The molecule has 1 saturated heterocycles. The normalized spacial score (nSPS) is 23.6. The summed E-state index contributed by atoms with van der Waals surface area (Å²) in [5.74, 6) is 2.98. The average molecular weight is 337 g/mol. The highest BCUT2D eigenvalue weighted by Gasteiger charge is 2.34. The van der Waals surface area contributed by atoms with Crippen LogP contribution in [0, 0.1) is 0 Å². The monoisotopic (exact) mass is 337 g/mol. The molecule has 2 aromatic heterocycles. The molecule has 124 valence electrons. The van der Waals surface area contributed by atoms with Crippen LogP contribution in [0.15, 0.2) is 27.3 Å². The molecule has 2 aliphatic rings. The summed E-state index contributed by atoms with van der Waals surface area (Å²) < 4.78 is 34.4. The van der Waals surface area contributed by atoms with E-state index in [1.807, 2.05) is 12.1 Å². The van der Waals surface area contributed by atoms with E-state index >= 15 is 0 Å². The van der Waals surface area contributed by atoms with Crippen LogP contribution in [0.5, 0.6) is 0 Å². The molecule has 0 bridgehead atoms. The topological polar surface area (TPSA) is 89.4 Å². The lowest BCUT2D eigenvalue weighted by Crippen LogP contribution is -2.35. The molecule has 2 fully saturated rings. The minimum absolute atomic E-state index is 0.0404. The second-order valence-electron chi connectivity index (χ2n) is 6.36. The molecular formula is C15H19N3O4S. The SMILES string of the molecule is O=S1(=O)CCC(N(Cc2ccco2)Cc2nc(C3CC3)no2)C1. The summed E-state index contributed by atoms with van der Waals surface area (Å²) in [5, 5.41) is 4.03. The molecule has 0 N–H and O–H groups in total. The number of aromatic nitrogens is 2. The van der Waals surface area contributed by atoms with Crippen molar-refractivity contribution in [2.45, 2.75) is 44.3 Å². The van der Waals surface area contributed by atoms with Crippen molar-refractivity contribution in [1.29, 1.82) is 0 Å². The van der Waals surface area contributed by atoms with Crippen molar-refractivity contribution in [1.82, 2.24) is 15.0 Å². The van der Waals surface area contributed by atoms with Gasteiger partial charge >= 0.3 is 0 Å². The molecule has 1 unspecified atom stereocenters. The summed E-state index contributed by atoms with van der Waals surface area (Å²) in [6, 6.07) is 3.68. The zero-order valence-electron chi connectivity index (χ0n) is 12.7. The van der Waals surface area contributed by atoms with E-state index in [2.05, 4.69) is 15.0 Å². The first-order chi connectivity index (χ1) is 11.1. The van der Waals surface area contributed by atoms with Crippen LogP contribution >= 0.6 is 0 Å². The number of furan rings is 1. The quantitative estimate of drug-likeness (QED) is 0.793. The molecule has 0 spiro atoms. The largest absolute Gasteiger partial charge is 0.468 e. The van der Waals surface area contributed by atoms with Crippen molar-refractivity contribution >= 4 is 9.84 Å². The number of hydrogen-bond acceptors (Lipinski definition) is 7. The van der Waals surface area contributed by atoms with Crippen molar-refractivity contribution in [3.63, 3.8) is 0 Å². The van der Waals surface area contributed by atoms with Crippen LogP contribution in [0.1, 0.15) is 42.7 Å². The van der Waals surface area contributed by atoms with Gasteiger partial charge in [0.2, 0.25) is 5.89 Å². The molecule has 4 rings (SSSR count). The maximum Gasteiger partial charge on any atom is 0.240 e. The molecule has 1 atom stereocenters.